The lowest BCUT2D eigenvalue weighted by Gasteiger charge is -2.26. The minimum absolute atomic E-state index is 0.153. The zero-order valence-electron chi connectivity index (χ0n) is 62.0. The van der Waals surface area contributed by atoms with Gasteiger partial charge in [0.25, 0.3) is 0 Å². The first-order valence-electron chi connectivity index (χ1n) is 40.8. The molecular formula is C82H159NO8. The summed E-state index contributed by atoms with van der Waals surface area (Å²) in [5, 5.41) is 11.9. The van der Waals surface area contributed by atoms with Crippen LogP contribution in [-0.4, -0.2) is 82.3 Å². The Balaban J connectivity index is 3.94. The molecule has 91 heavy (non-hydrogen) atoms. The Morgan fingerprint density at radius 3 is 0.813 bits per heavy atom. The van der Waals surface area contributed by atoms with E-state index in [1.807, 2.05) is 21.1 Å². The number of carbonyl (C=O) groups is 3. The van der Waals surface area contributed by atoms with Gasteiger partial charge in [0.15, 0.2) is 12.4 Å². The molecule has 0 heterocycles. The largest absolute Gasteiger partial charge is 0.545 e. The van der Waals surface area contributed by atoms with E-state index in [-0.39, 0.29) is 32.2 Å². The maximum atomic E-state index is 13.0. The van der Waals surface area contributed by atoms with Crippen LogP contribution in [0, 0.1) is 0 Å². The number of hydrogen-bond donors (Lipinski definition) is 0. The lowest BCUT2D eigenvalue weighted by Crippen LogP contribution is -2.44. The predicted molar refractivity (Wildman–Crippen MR) is 390 cm³/mol. The Morgan fingerprint density at radius 1 is 0.319 bits per heavy atom. The maximum Gasteiger partial charge on any atom is 0.306 e. The third-order valence-electron chi connectivity index (χ3n) is 19.0. The number of esters is 2. The standard InChI is InChI=1S/C82H159NO8/c1-6-8-10-12-14-16-18-20-22-24-26-28-30-32-34-36-37-38-39-40-41-42-43-45-47-49-51-53-55-57-59-61-63-65-67-69-71-73-80(85)91-78(77-90-82(81(86)87)88-75-74-83(3,4)5)76-89-79(84)72-70-68-66-64-62-60-58-56-54-52-50-48-46-44-35-33-31-29-27-25-23-21-19-17-15-13-11-9-7-2/h24,26,78,82H,6-23,25,27-77H2,1-5H3/b26-24-. The van der Waals surface area contributed by atoms with Crippen molar-refractivity contribution >= 4 is 17.9 Å². The van der Waals surface area contributed by atoms with Gasteiger partial charge in [0.1, 0.15) is 13.2 Å². The number of nitrogens with zero attached hydrogens (tertiary/aromatic N) is 1. The number of quaternary nitrogens is 1. The van der Waals surface area contributed by atoms with Gasteiger partial charge in [0.2, 0.25) is 0 Å². The van der Waals surface area contributed by atoms with Crippen LogP contribution in [0.4, 0.5) is 0 Å². The minimum atomic E-state index is -1.62. The number of carboxylic acid groups (broad SMARTS) is 1. The number of allylic oxidation sites excluding steroid dienone is 2. The van der Waals surface area contributed by atoms with E-state index in [0.29, 0.717) is 17.4 Å². The molecule has 0 fully saturated rings. The lowest BCUT2D eigenvalue weighted by molar-refractivity contribution is -0.870. The molecule has 0 saturated heterocycles. The van der Waals surface area contributed by atoms with Crippen molar-refractivity contribution in [2.24, 2.45) is 0 Å². The molecule has 0 spiro atoms. The quantitative estimate of drug-likeness (QED) is 0.0195. The highest BCUT2D eigenvalue weighted by Crippen LogP contribution is 2.21. The second-order valence-electron chi connectivity index (χ2n) is 29.4. The van der Waals surface area contributed by atoms with Crippen molar-refractivity contribution in [3.63, 3.8) is 0 Å². The summed E-state index contributed by atoms with van der Waals surface area (Å²) in [7, 11) is 5.96. The van der Waals surface area contributed by atoms with Crippen molar-refractivity contribution in [3.05, 3.63) is 12.2 Å². The summed E-state index contributed by atoms with van der Waals surface area (Å²) in [6, 6.07) is 0. The van der Waals surface area contributed by atoms with Gasteiger partial charge in [0, 0.05) is 12.8 Å². The molecule has 0 N–H and O–H groups in total. The molecule has 0 aromatic heterocycles. The molecule has 0 amide bonds. The van der Waals surface area contributed by atoms with E-state index in [1.165, 1.54) is 372 Å². The number of unbranched alkanes of at least 4 members (excludes halogenated alkanes) is 61. The molecule has 9 nitrogen and oxygen atoms in total. The summed E-state index contributed by atoms with van der Waals surface area (Å²) in [5.74, 6) is -2.24. The van der Waals surface area contributed by atoms with Crippen molar-refractivity contribution in [2.45, 2.75) is 450 Å². The van der Waals surface area contributed by atoms with Gasteiger partial charge in [-0.05, 0) is 38.5 Å². The van der Waals surface area contributed by atoms with E-state index in [2.05, 4.69) is 26.0 Å². The Morgan fingerprint density at radius 2 is 0.560 bits per heavy atom. The number of aliphatic carboxylic acids is 1. The Bertz CT molecular complexity index is 1500. The molecule has 540 valence electrons. The van der Waals surface area contributed by atoms with Crippen LogP contribution in [0.3, 0.4) is 0 Å². The highest BCUT2D eigenvalue weighted by atomic mass is 16.7. The first kappa shape index (κ1) is 89.0. The van der Waals surface area contributed by atoms with Crippen LogP contribution >= 0.6 is 0 Å². The van der Waals surface area contributed by atoms with Crippen LogP contribution in [0.1, 0.15) is 438 Å². The van der Waals surface area contributed by atoms with E-state index in [9.17, 15) is 19.5 Å². The molecule has 9 heteroatoms. The van der Waals surface area contributed by atoms with E-state index < -0.39 is 24.3 Å². The number of ether oxygens (including phenoxy) is 4. The third kappa shape index (κ3) is 75.3. The van der Waals surface area contributed by atoms with Gasteiger partial charge >= 0.3 is 11.9 Å². The highest BCUT2D eigenvalue weighted by molar-refractivity contribution is 5.70. The summed E-state index contributed by atoms with van der Waals surface area (Å²) in [4.78, 5) is 37.6. The van der Waals surface area contributed by atoms with Gasteiger partial charge in [-0.3, -0.25) is 9.59 Å². The van der Waals surface area contributed by atoms with Gasteiger partial charge in [-0.25, -0.2) is 0 Å². The summed E-state index contributed by atoms with van der Waals surface area (Å²) >= 11 is 0. The monoisotopic (exact) mass is 1290 g/mol. The zero-order valence-corrected chi connectivity index (χ0v) is 62.0. The number of carboxylic acids is 1. The summed E-state index contributed by atoms with van der Waals surface area (Å²) in [5.41, 5.74) is 0. The second kappa shape index (κ2) is 73.8. The topological polar surface area (TPSA) is 111 Å². The molecule has 0 rings (SSSR count). The van der Waals surface area contributed by atoms with E-state index in [0.717, 1.165) is 38.5 Å². The van der Waals surface area contributed by atoms with Crippen LogP contribution < -0.4 is 5.11 Å². The van der Waals surface area contributed by atoms with Crippen molar-refractivity contribution in [2.75, 3.05) is 47.5 Å². The van der Waals surface area contributed by atoms with Gasteiger partial charge < -0.3 is 33.3 Å². The first-order chi connectivity index (χ1) is 44.6. The number of hydrogen-bond acceptors (Lipinski definition) is 8. The van der Waals surface area contributed by atoms with Crippen LogP contribution in [0.15, 0.2) is 12.2 Å². The van der Waals surface area contributed by atoms with Gasteiger partial charge in [-0.2, -0.15) is 0 Å². The third-order valence-corrected chi connectivity index (χ3v) is 19.0. The second-order valence-corrected chi connectivity index (χ2v) is 29.4. The molecule has 0 radical (unpaired) electrons. The molecule has 2 unspecified atom stereocenters. The van der Waals surface area contributed by atoms with Crippen molar-refractivity contribution in [1.82, 2.24) is 0 Å². The Hall–Kier alpha value is -1.97. The molecule has 0 aromatic carbocycles. The van der Waals surface area contributed by atoms with Gasteiger partial charge in [-0.1, -0.05) is 398 Å². The zero-order chi connectivity index (χ0) is 66.1. The van der Waals surface area contributed by atoms with Gasteiger partial charge in [-0.15, -0.1) is 0 Å². The molecule has 0 saturated carbocycles. The molecule has 0 aromatic rings. The van der Waals surface area contributed by atoms with Crippen LogP contribution in [-0.2, 0) is 33.3 Å². The predicted octanol–water partition coefficient (Wildman–Crippen LogP) is 24.6. The molecule has 0 aliphatic carbocycles. The summed E-state index contributed by atoms with van der Waals surface area (Å²) in [6.07, 6.45) is 89.3. The van der Waals surface area contributed by atoms with Crippen molar-refractivity contribution < 1.29 is 42.9 Å². The smallest absolute Gasteiger partial charge is 0.306 e. The number of carbonyl (C=O) groups excluding carboxylic acids is 3. The summed E-state index contributed by atoms with van der Waals surface area (Å²) < 4.78 is 22.9. The molecule has 0 bridgehead atoms. The average molecular weight is 1290 g/mol. The minimum Gasteiger partial charge on any atom is -0.545 e. The normalized spacial score (nSPS) is 12.6. The van der Waals surface area contributed by atoms with E-state index >= 15 is 0 Å². The average Bonchev–Trinajstić information content (AvgIpc) is 3.50. The fraction of sp³-hybridized carbons (Fsp3) is 0.939. The SMILES string of the molecule is CCCCCCCCCC/C=C\CCCCCCCCCCCCCCCCCCCCCCCCCCCC(=O)OC(COC(=O)CCCCCCCCCCCCCCCCCCCCCCCCCCCCCCC)COC(OCC[N+](C)(C)C)C(=O)[O-]. The number of likely N-dealkylation sites (N-methyl/N-ethyl adjacent to an activating group) is 1. The first-order valence-corrected chi connectivity index (χ1v) is 40.8. The van der Waals surface area contributed by atoms with Crippen LogP contribution in [0.25, 0.3) is 0 Å². The fourth-order valence-corrected chi connectivity index (χ4v) is 12.8. The van der Waals surface area contributed by atoms with Crippen LogP contribution in [0.2, 0.25) is 0 Å². The number of rotatable bonds is 78. The maximum absolute atomic E-state index is 13.0. The lowest BCUT2D eigenvalue weighted by atomic mass is 10.0. The molecular weight excluding hydrogens is 1130 g/mol. The van der Waals surface area contributed by atoms with E-state index in [1.54, 1.807) is 0 Å². The van der Waals surface area contributed by atoms with Gasteiger partial charge in [0.05, 0.1) is 40.3 Å². The highest BCUT2D eigenvalue weighted by Gasteiger charge is 2.22. The van der Waals surface area contributed by atoms with Crippen LogP contribution in [0.5, 0.6) is 0 Å². The molecule has 2 atom stereocenters. The summed E-state index contributed by atoms with van der Waals surface area (Å²) in [6.45, 7) is 4.85. The van der Waals surface area contributed by atoms with E-state index in [4.69, 9.17) is 18.9 Å². The Labute approximate surface area is 567 Å². The fourth-order valence-electron chi connectivity index (χ4n) is 12.8. The molecule has 0 aliphatic heterocycles. The van der Waals surface area contributed by atoms with Crippen molar-refractivity contribution in [3.8, 4) is 0 Å². The van der Waals surface area contributed by atoms with Crippen molar-refractivity contribution in [1.29, 1.82) is 0 Å². The molecule has 0 aliphatic rings. The Kier molecular flexibility index (Phi) is 72.2.